The molecule has 2 heterocycles. The summed E-state index contributed by atoms with van der Waals surface area (Å²) in [5.41, 5.74) is 3.32. The number of carbonyl (C=O) groups is 1. The Morgan fingerprint density at radius 2 is 1.97 bits per heavy atom. The number of ether oxygens (including phenoxy) is 3. The minimum Gasteiger partial charge on any atom is -0.489 e. The molecule has 0 aliphatic carbocycles. The molecule has 1 aliphatic rings. The van der Waals surface area contributed by atoms with Gasteiger partial charge in [-0.3, -0.25) is 9.78 Å². The molecule has 0 bridgehead atoms. The Bertz CT molecular complexity index is 1200. The number of benzene rings is 2. The molecule has 2 aromatic carbocycles. The molecular weight excluding hydrogens is 487 g/mol. The molecule has 0 spiro atoms. The minimum absolute atomic E-state index is 0.0242. The zero-order valence-corrected chi connectivity index (χ0v) is 21.2. The number of halogens is 2. The summed E-state index contributed by atoms with van der Waals surface area (Å²) in [6, 6.07) is 8.75. The van der Waals surface area contributed by atoms with Crippen molar-refractivity contribution in [2.45, 2.75) is 6.42 Å². The van der Waals surface area contributed by atoms with Gasteiger partial charge in [-0.15, -0.1) is 0 Å². The summed E-state index contributed by atoms with van der Waals surface area (Å²) in [7, 11) is 3.74. The Kier molecular flexibility index (Phi) is 8.79. The predicted molar refractivity (Wildman–Crippen MR) is 139 cm³/mol. The number of rotatable bonds is 11. The van der Waals surface area contributed by atoms with Gasteiger partial charge in [0.25, 0.3) is 6.47 Å². The van der Waals surface area contributed by atoms with Crippen LogP contribution >= 0.6 is 11.6 Å². The second-order valence-electron chi connectivity index (χ2n) is 8.57. The van der Waals surface area contributed by atoms with Crippen LogP contribution in [-0.4, -0.2) is 76.5 Å². The number of pyridine rings is 1. The summed E-state index contributed by atoms with van der Waals surface area (Å²) in [6.07, 6.45) is 2.11. The van der Waals surface area contributed by atoms with Crippen molar-refractivity contribution in [3.8, 4) is 5.75 Å². The number of carbonyl (C=O) groups excluding carboxylic acids is 1. The molecule has 1 aromatic heterocycles. The molecule has 1 saturated heterocycles. The lowest BCUT2D eigenvalue weighted by atomic mass is 10.0. The smallest absolute Gasteiger partial charge is 0.293 e. The van der Waals surface area contributed by atoms with Gasteiger partial charge in [-0.1, -0.05) is 17.7 Å². The van der Waals surface area contributed by atoms with Gasteiger partial charge >= 0.3 is 0 Å². The van der Waals surface area contributed by atoms with Crippen molar-refractivity contribution in [2.75, 3.05) is 70.4 Å². The van der Waals surface area contributed by atoms with Crippen molar-refractivity contribution >= 4 is 46.0 Å². The Morgan fingerprint density at radius 1 is 1.17 bits per heavy atom. The number of hydrogen-bond donors (Lipinski definition) is 1. The number of anilines is 3. The molecular formula is C26H30ClFN4O4. The minimum atomic E-state index is -0.543. The van der Waals surface area contributed by atoms with Gasteiger partial charge in [0, 0.05) is 57.4 Å². The average molecular weight is 517 g/mol. The van der Waals surface area contributed by atoms with E-state index in [1.807, 2.05) is 12.1 Å². The summed E-state index contributed by atoms with van der Waals surface area (Å²) in [6.45, 7) is 4.99. The average Bonchev–Trinajstić information content (AvgIpc) is 2.88. The van der Waals surface area contributed by atoms with Gasteiger partial charge in [-0.25, -0.2) is 4.39 Å². The van der Waals surface area contributed by atoms with E-state index in [1.165, 1.54) is 6.07 Å². The quantitative estimate of drug-likeness (QED) is 0.299. The summed E-state index contributed by atoms with van der Waals surface area (Å²) in [5, 5.41) is 4.05. The second-order valence-corrected chi connectivity index (χ2v) is 8.98. The number of nitrogens with one attached hydrogen (secondary N) is 1. The molecule has 0 atom stereocenters. The number of likely N-dealkylation sites (N-methyl/N-ethyl adjacent to an activating group) is 1. The van der Waals surface area contributed by atoms with Crippen molar-refractivity contribution in [1.82, 2.24) is 9.88 Å². The Hall–Kier alpha value is -3.14. The standard InChI is InChI=1S/C26H30ClFN4O4/c1-31-7-9-32(10-8-31)23-14-19-22(15-24(23)36-13-12-34-2)29-16-18(6-11-35-17-33)26(19)30-21-5-3-4-20(27)25(21)28/h3-5,14-17H,6-13H2,1-2H3,(H,29,30). The number of fused-ring (bicyclic) bond motifs is 1. The van der Waals surface area contributed by atoms with Crippen LogP contribution in [0.4, 0.5) is 21.5 Å². The van der Waals surface area contributed by atoms with Gasteiger partial charge in [-0.2, -0.15) is 0 Å². The van der Waals surface area contributed by atoms with Crippen LogP contribution in [0.1, 0.15) is 5.56 Å². The third kappa shape index (κ3) is 5.98. The highest BCUT2D eigenvalue weighted by Gasteiger charge is 2.21. The molecule has 4 rings (SSSR count). The van der Waals surface area contributed by atoms with Crippen LogP contribution in [-0.2, 0) is 20.7 Å². The van der Waals surface area contributed by atoms with Gasteiger partial charge in [-0.05, 0) is 30.8 Å². The van der Waals surface area contributed by atoms with Crippen LogP contribution in [0.25, 0.3) is 10.9 Å². The van der Waals surface area contributed by atoms with E-state index in [1.54, 1.807) is 25.4 Å². The van der Waals surface area contributed by atoms with E-state index >= 15 is 0 Å². The van der Waals surface area contributed by atoms with E-state index in [0.29, 0.717) is 43.1 Å². The van der Waals surface area contributed by atoms with Crippen LogP contribution in [0.15, 0.2) is 36.5 Å². The van der Waals surface area contributed by atoms with Gasteiger partial charge in [0.2, 0.25) is 0 Å². The summed E-state index contributed by atoms with van der Waals surface area (Å²) in [4.78, 5) is 19.9. The molecule has 1 aliphatic heterocycles. The lowest BCUT2D eigenvalue weighted by Crippen LogP contribution is -2.44. The zero-order valence-electron chi connectivity index (χ0n) is 20.4. The van der Waals surface area contributed by atoms with Crippen molar-refractivity contribution in [1.29, 1.82) is 0 Å². The number of hydrogen-bond acceptors (Lipinski definition) is 8. The molecule has 8 nitrogen and oxygen atoms in total. The highest BCUT2D eigenvalue weighted by molar-refractivity contribution is 6.31. The van der Waals surface area contributed by atoms with Crippen LogP contribution < -0.4 is 15.0 Å². The number of methoxy groups -OCH3 is 1. The first-order chi connectivity index (χ1) is 17.5. The fourth-order valence-corrected chi connectivity index (χ4v) is 4.36. The van der Waals surface area contributed by atoms with Gasteiger partial charge in [0.15, 0.2) is 5.82 Å². The Balaban J connectivity index is 1.83. The number of nitrogens with zero attached hydrogens (tertiary/aromatic N) is 3. The van der Waals surface area contributed by atoms with Gasteiger partial charge < -0.3 is 29.3 Å². The maximum absolute atomic E-state index is 14.8. The van der Waals surface area contributed by atoms with Crippen molar-refractivity contribution in [2.24, 2.45) is 0 Å². The lowest BCUT2D eigenvalue weighted by Gasteiger charge is -2.35. The van der Waals surface area contributed by atoms with Crippen LogP contribution in [0.2, 0.25) is 5.02 Å². The molecule has 3 aromatic rings. The van der Waals surface area contributed by atoms with Crippen LogP contribution in [0.3, 0.4) is 0 Å². The van der Waals surface area contributed by atoms with Crippen LogP contribution in [0, 0.1) is 5.82 Å². The maximum atomic E-state index is 14.8. The first-order valence-electron chi connectivity index (χ1n) is 11.8. The fraction of sp³-hybridized carbons (Fsp3) is 0.385. The second kappa shape index (κ2) is 12.2. The Morgan fingerprint density at radius 3 is 2.72 bits per heavy atom. The van der Waals surface area contributed by atoms with E-state index in [2.05, 4.69) is 27.1 Å². The molecule has 1 N–H and O–H groups in total. The van der Waals surface area contributed by atoms with Crippen molar-refractivity contribution < 1.29 is 23.4 Å². The predicted octanol–water partition coefficient (Wildman–Crippen LogP) is 4.26. The number of piperazine rings is 1. The highest BCUT2D eigenvalue weighted by Crippen LogP contribution is 2.39. The fourth-order valence-electron chi connectivity index (χ4n) is 4.18. The summed E-state index contributed by atoms with van der Waals surface area (Å²) < 4.78 is 31.0. The van der Waals surface area contributed by atoms with E-state index < -0.39 is 5.82 Å². The zero-order chi connectivity index (χ0) is 25.5. The first-order valence-corrected chi connectivity index (χ1v) is 12.2. The van der Waals surface area contributed by atoms with Gasteiger partial charge in [0.1, 0.15) is 12.4 Å². The summed E-state index contributed by atoms with van der Waals surface area (Å²) >= 11 is 6.04. The monoisotopic (exact) mass is 516 g/mol. The van der Waals surface area contributed by atoms with Crippen LogP contribution in [0.5, 0.6) is 5.75 Å². The lowest BCUT2D eigenvalue weighted by molar-refractivity contribution is -0.128. The molecule has 0 amide bonds. The number of aromatic nitrogens is 1. The molecule has 36 heavy (non-hydrogen) atoms. The summed E-state index contributed by atoms with van der Waals surface area (Å²) in [5.74, 6) is 0.173. The largest absolute Gasteiger partial charge is 0.489 e. The van der Waals surface area contributed by atoms with E-state index in [0.717, 1.165) is 42.8 Å². The van der Waals surface area contributed by atoms with Crippen molar-refractivity contribution in [3.05, 3.63) is 52.9 Å². The highest BCUT2D eigenvalue weighted by atomic mass is 35.5. The third-order valence-electron chi connectivity index (χ3n) is 6.18. The first kappa shape index (κ1) is 25.9. The van der Waals surface area contributed by atoms with E-state index in [4.69, 9.17) is 25.8 Å². The molecule has 10 heteroatoms. The van der Waals surface area contributed by atoms with E-state index in [9.17, 15) is 9.18 Å². The molecule has 0 unspecified atom stereocenters. The normalized spacial score (nSPS) is 14.2. The topological polar surface area (TPSA) is 76.2 Å². The molecule has 1 fully saturated rings. The molecule has 0 saturated carbocycles. The molecule has 192 valence electrons. The van der Waals surface area contributed by atoms with E-state index in [-0.39, 0.29) is 17.3 Å². The molecule has 0 radical (unpaired) electrons. The van der Waals surface area contributed by atoms with Crippen molar-refractivity contribution in [3.63, 3.8) is 0 Å². The maximum Gasteiger partial charge on any atom is 0.293 e. The third-order valence-corrected chi connectivity index (χ3v) is 6.48. The van der Waals surface area contributed by atoms with Gasteiger partial charge in [0.05, 0.1) is 40.8 Å². The Labute approximate surface area is 214 Å². The SMILES string of the molecule is COCCOc1cc2ncc(CCOC=O)c(Nc3cccc(Cl)c3F)c2cc1N1CCN(C)CC1.